The van der Waals surface area contributed by atoms with Crippen LogP contribution in [0.5, 0.6) is 0 Å². The highest BCUT2D eigenvalue weighted by Crippen LogP contribution is 2.49. The van der Waals surface area contributed by atoms with Crippen molar-refractivity contribution >= 4 is 44.9 Å². The number of amides is 2. The molecule has 2 amide bonds. The van der Waals surface area contributed by atoms with Crippen LogP contribution in [0.4, 0.5) is 0 Å². The number of primary amides is 1. The van der Waals surface area contributed by atoms with Gasteiger partial charge in [-0.15, -0.1) is 0 Å². The zero-order valence-electron chi connectivity index (χ0n) is 13.1. The molecule has 0 saturated heterocycles. The maximum Gasteiger partial charge on any atom is 0.249 e. The number of allylic oxidation sites excluding steroid dienone is 2. The first-order valence-corrected chi connectivity index (χ1v) is 8.71. The number of rotatable bonds is 2. The zero-order chi connectivity index (χ0) is 16.9. The smallest absolute Gasteiger partial charge is 0.249 e. The van der Waals surface area contributed by atoms with Gasteiger partial charge in [0.2, 0.25) is 11.8 Å². The lowest BCUT2D eigenvalue weighted by Crippen LogP contribution is -2.31. The fourth-order valence-electron chi connectivity index (χ4n) is 3.67. The molecule has 1 aromatic rings. The van der Waals surface area contributed by atoms with E-state index in [-0.39, 0.29) is 11.8 Å². The predicted molar refractivity (Wildman–Crippen MR) is 94.3 cm³/mol. The summed E-state index contributed by atoms with van der Waals surface area (Å²) in [6.45, 7) is 0. The average Bonchev–Trinajstić information content (AvgIpc) is 2.88. The van der Waals surface area contributed by atoms with Crippen molar-refractivity contribution in [1.82, 2.24) is 4.90 Å². The van der Waals surface area contributed by atoms with Crippen LogP contribution in [0, 0.1) is 5.92 Å². The van der Waals surface area contributed by atoms with E-state index in [1.165, 1.54) is 11.1 Å². The lowest BCUT2D eigenvalue weighted by Gasteiger charge is -2.26. The SMILES string of the molecule is CN(C)C(=O)C1CCC2=C(Cc3c(C(N)=O)cc(Cl)c(Br)c32)C1. The van der Waals surface area contributed by atoms with Gasteiger partial charge in [0, 0.05) is 30.0 Å². The Morgan fingerprint density at radius 3 is 2.70 bits per heavy atom. The standard InChI is InChI=1S/C17H18BrClN2O2/c1-21(2)17(23)8-3-4-10-9(5-8)6-11-12(16(20)22)7-13(19)15(18)14(10)11/h7-8H,3-6H2,1-2H3,(H2,20,22). The summed E-state index contributed by atoms with van der Waals surface area (Å²) in [5.74, 6) is -0.277. The molecule has 0 aromatic heterocycles. The molecule has 1 atom stereocenters. The van der Waals surface area contributed by atoms with Crippen molar-refractivity contribution < 1.29 is 9.59 Å². The molecule has 0 radical (unpaired) electrons. The summed E-state index contributed by atoms with van der Waals surface area (Å²) in [6, 6.07) is 1.63. The third-order valence-corrected chi connectivity index (χ3v) is 6.09. The van der Waals surface area contributed by atoms with Gasteiger partial charge in [0.05, 0.1) is 5.02 Å². The first-order chi connectivity index (χ1) is 10.8. The number of hydrogen-bond donors (Lipinski definition) is 1. The van der Waals surface area contributed by atoms with Crippen molar-refractivity contribution in [3.63, 3.8) is 0 Å². The second-order valence-electron chi connectivity index (χ2n) is 6.37. The lowest BCUT2D eigenvalue weighted by molar-refractivity contribution is -0.133. The van der Waals surface area contributed by atoms with Gasteiger partial charge < -0.3 is 10.6 Å². The van der Waals surface area contributed by atoms with Gasteiger partial charge in [-0.25, -0.2) is 0 Å². The third-order valence-electron chi connectivity index (χ3n) is 4.74. The van der Waals surface area contributed by atoms with Crippen LogP contribution in [0.25, 0.3) is 5.57 Å². The topological polar surface area (TPSA) is 63.4 Å². The Morgan fingerprint density at radius 2 is 2.09 bits per heavy atom. The van der Waals surface area contributed by atoms with E-state index in [9.17, 15) is 9.59 Å². The van der Waals surface area contributed by atoms with E-state index in [0.29, 0.717) is 17.0 Å². The van der Waals surface area contributed by atoms with Gasteiger partial charge in [-0.05, 0) is 64.4 Å². The van der Waals surface area contributed by atoms with Crippen molar-refractivity contribution in [3.8, 4) is 0 Å². The normalized spacial score (nSPS) is 19.4. The van der Waals surface area contributed by atoms with Crippen LogP contribution in [0.3, 0.4) is 0 Å². The van der Waals surface area contributed by atoms with Crippen LogP contribution in [0.1, 0.15) is 40.7 Å². The Hall–Kier alpha value is -1.33. The molecule has 23 heavy (non-hydrogen) atoms. The largest absolute Gasteiger partial charge is 0.366 e. The summed E-state index contributed by atoms with van der Waals surface area (Å²) >= 11 is 9.81. The molecule has 0 aliphatic heterocycles. The Kier molecular flexibility index (Phi) is 4.27. The lowest BCUT2D eigenvalue weighted by atomic mass is 9.83. The van der Waals surface area contributed by atoms with Crippen LogP contribution in [0.2, 0.25) is 5.02 Å². The molecule has 1 unspecified atom stereocenters. The molecule has 0 fully saturated rings. The molecular formula is C17H18BrClN2O2. The van der Waals surface area contributed by atoms with E-state index in [1.54, 1.807) is 25.1 Å². The number of hydrogen-bond acceptors (Lipinski definition) is 2. The van der Waals surface area contributed by atoms with Crippen LogP contribution in [0.15, 0.2) is 16.1 Å². The minimum Gasteiger partial charge on any atom is -0.366 e. The molecule has 4 nitrogen and oxygen atoms in total. The number of nitrogens with two attached hydrogens (primary N) is 1. The zero-order valence-corrected chi connectivity index (χ0v) is 15.4. The van der Waals surface area contributed by atoms with Gasteiger partial charge >= 0.3 is 0 Å². The van der Waals surface area contributed by atoms with E-state index >= 15 is 0 Å². The summed E-state index contributed by atoms with van der Waals surface area (Å²) in [5.41, 5.74) is 10.4. The highest BCUT2D eigenvalue weighted by Gasteiger charge is 2.35. The first kappa shape index (κ1) is 16.5. The van der Waals surface area contributed by atoms with E-state index in [4.69, 9.17) is 17.3 Å². The fraction of sp³-hybridized carbons (Fsp3) is 0.412. The summed E-state index contributed by atoms with van der Waals surface area (Å²) in [7, 11) is 3.58. The molecule has 122 valence electrons. The number of halogens is 2. The molecule has 6 heteroatoms. The van der Waals surface area contributed by atoms with E-state index in [2.05, 4.69) is 15.9 Å². The molecule has 3 rings (SSSR count). The molecule has 0 bridgehead atoms. The summed E-state index contributed by atoms with van der Waals surface area (Å²) in [4.78, 5) is 25.7. The number of fused-ring (bicyclic) bond motifs is 2. The number of carbonyl (C=O) groups excluding carboxylic acids is 2. The number of nitrogens with zero attached hydrogens (tertiary/aromatic N) is 1. The van der Waals surface area contributed by atoms with Crippen molar-refractivity contribution in [1.29, 1.82) is 0 Å². The van der Waals surface area contributed by atoms with E-state index < -0.39 is 5.91 Å². The van der Waals surface area contributed by atoms with Crippen LogP contribution in [-0.2, 0) is 11.2 Å². The molecule has 2 aliphatic rings. The van der Waals surface area contributed by atoms with Gasteiger partial charge in [0.1, 0.15) is 0 Å². The minimum absolute atomic E-state index is 0.0179. The van der Waals surface area contributed by atoms with Gasteiger partial charge in [-0.2, -0.15) is 0 Å². The Morgan fingerprint density at radius 1 is 1.39 bits per heavy atom. The first-order valence-electron chi connectivity index (χ1n) is 7.54. The molecule has 2 aliphatic carbocycles. The second-order valence-corrected chi connectivity index (χ2v) is 7.57. The average molecular weight is 398 g/mol. The molecule has 0 heterocycles. The van der Waals surface area contributed by atoms with Crippen molar-refractivity contribution in [2.45, 2.75) is 25.7 Å². The Labute approximate surface area is 148 Å². The molecular weight excluding hydrogens is 380 g/mol. The highest BCUT2D eigenvalue weighted by molar-refractivity contribution is 9.10. The third kappa shape index (κ3) is 2.70. The maximum absolute atomic E-state index is 12.3. The monoisotopic (exact) mass is 396 g/mol. The molecule has 2 N–H and O–H groups in total. The minimum atomic E-state index is -0.462. The quantitative estimate of drug-likeness (QED) is 0.831. The van der Waals surface area contributed by atoms with Crippen molar-refractivity contribution in [2.24, 2.45) is 11.7 Å². The van der Waals surface area contributed by atoms with Crippen LogP contribution >= 0.6 is 27.5 Å². The Balaban J connectivity index is 2.02. The number of benzene rings is 1. The molecule has 1 aromatic carbocycles. The highest BCUT2D eigenvalue weighted by atomic mass is 79.9. The van der Waals surface area contributed by atoms with Gasteiger partial charge in [-0.3, -0.25) is 9.59 Å². The van der Waals surface area contributed by atoms with Crippen molar-refractivity contribution in [3.05, 3.63) is 37.8 Å². The maximum atomic E-state index is 12.3. The van der Waals surface area contributed by atoms with E-state index in [1.807, 2.05) is 0 Å². The Bertz CT molecular complexity index is 755. The van der Waals surface area contributed by atoms with Gasteiger partial charge in [0.15, 0.2) is 0 Å². The number of carbonyl (C=O) groups is 2. The summed E-state index contributed by atoms with van der Waals surface area (Å²) < 4.78 is 0.821. The van der Waals surface area contributed by atoms with Crippen LogP contribution < -0.4 is 5.73 Å². The van der Waals surface area contributed by atoms with Gasteiger partial charge in [-0.1, -0.05) is 17.2 Å². The summed E-state index contributed by atoms with van der Waals surface area (Å²) in [5, 5.41) is 0.498. The second kappa shape index (κ2) is 5.95. The summed E-state index contributed by atoms with van der Waals surface area (Å²) in [6.07, 6.45) is 3.06. The van der Waals surface area contributed by atoms with Gasteiger partial charge in [0.25, 0.3) is 0 Å². The molecule has 0 spiro atoms. The van der Waals surface area contributed by atoms with E-state index in [0.717, 1.165) is 34.9 Å². The predicted octanol–water partition coefficient (Wildman–Crippen LogP) is 3.40. The van der Waals surface area contributed by atoms with Crippen molar-refractivity contribution in [2.75, 3.05) is 14.1 Å². The fourth-order valence-corrected chi connectivity index (χ4v) is 4.47. The molecule has 0 saturated carbocycles. The van der Waals surface area contributed by atoms with Crippen LogP contribution in [-0.4, -0.2) is 30.8 Å².